The molecule has 1 amide bonds. The van der Waals surface area contributed by atoms with Crippen LogP contribution >= 0.6 is 0 Å². The summed E-state index contributed by atoms with van der Waals surface area (Å²) in [5, 5.41) is 0.501. The molecule has 19 nitrogen and oxygen atoms in total. The van der Waals surface area contributed by atoms with Gasteiger partial charge in [0.15, 0.2) is 0 Å². The van der Waals surface area contributed by atoms with Gasteiger partial charge in [0.05, 0.1) is 34.8 Å². The van der Waals surface area contributed by atoms with Gasteiger partial charge in [0.2, 0.25) is 23.4 Å². The van der Waals surface area contributed by atoms with E-state index >= 15 is 8.78 Å². The molecule has 2 saturated heterocycles. The number of fused-ring (bicyclic) bond motifs is 4. The maximum absolute atomic E-state index is 15.8. The minimum absolute atomic E-state index is 0.0166. The summed E-state index contributed by atoms with van der Waals surface area (Å²) in [6, 6.07) is 12.4. The Morgan fingerprint density at radius 1 is 0.708 bits per heavy atom. The number of piperazine rings is 1. The smallest absolute Gasteiger partial charge is 0.410 e. The zero-order chi connectivity index (χ0) is 50.7. The number of aryl methyl sites for hydroxylation is 2. The van der Waals surface area contributed by atoms with Gasteiger partial charge in [-0.2, -0.15) is 18.7 Å². The lowest BCUT2D eigenvalue weighted by atomic mass is 10.0. The maximum atomic E-state index is 15.8. The molecule has 72 heavy (non-hydrogen) atoms. The van der Waals surface area contributed by atoms with Crippen molar-refractivity contribution >= 4 is 39.5 Å². The van der Waals surface area contributed by atoms with Crippen molar-refractivity contribution in [2.45, 2.75) is 91.3 Å². The van der Waals surface area contributed by atoms with Crippen molar-refractivity contribution in [3.8, 4) is 23.1 Å². The lowest BCUT2D eigenvalue weighted by molar-refractivity contribution is 0.0850. The Bertz CT molecular complexity index is 3540. The first kappa shape index (κ1) is 47.7. The molecule has 2 fully saturated rings. The van der Waals surface area contributed by atoms with E-state index in [1.54, 1.807) is 36.4 Å². The van der Waals surface area contributed by atoms with Crippen molar-refractivity contribution in [3.05, 3.63) is 136 Å². The molecule has 11 rings (SSSR count). The van der Waals surface area contributed by atoms with Crippen molar-refractivity contribution in [2.75, 3.05) is 49.2 Å². The van der Waals surface area contributed by atoms with Gasteiger partial charge in [0.25, 0.3) is 11.1 Å². The molecule has 10 heterocycles. The van der Waals surface area contributed by atoms with Gasteiger partial charge in [0.1, 0.15) is 53.3 Å². The Balaban J connectivity index is 0.000000172. The van der Waals surface area contributed by atoms with E-state index in [1.165, 1.54) is 4.57 Å². The number of nitrogens with one attached hydrogen (secondary N) is 2. The normalized spacial score (nSPS) is 17.1. The number of nitrogens with zero attached hydrogens (tertiary/aromatic N) is 9. The van der Waals surface area contributed by atoms with E-state index in [-0.39, 0.29) is 78.2 Å². The van der Waals surface area contributed by atoms with E-state index in [4.69, 9.17) is 14.2 Å². The number of amides is 1. The Hall–Kier alpha value is -7.97. The standard InChI is InChI=1S/C29H29FN6O5.C22H24FN5O3/c1-16(2)22-23(17(3)9-10-31-22)36-24-20-25(32-28(36)38)35-12-11-34(29(39)41-14-18-7-5-4-6-8-18)13-19(35)15-40-27(20)33-26(37)21(24)30;1-11(2)16-17(12(3)7-8-24-16)28-18-14-19(25-22(28)30)27-9-5-4-6-13(27)10-31-21(14)26-20(29)15(18)23/h4-10,16,19H,11-15H2,1-3H3,(H,33,37);7-8,11,13H,4-6,9-10H2,1-3H3,(H,26,29)/t19-;13-/m11/s1. The van der Waals surface area contributed by atoms with E-state index in [0.717, 1.165) is 35.0 Å². The van der Waals surface area contributed by atoms with Crippen LogP contribution in [0.2, 0.25) is 0 Å². The van der Waals surface area contributed by atoms with Crippen LogP contribution in [0.25, 0.3) is 33.2 Å². The number of hydrogen-bond donors (Lipinski definition) is 2. The molecule has 0 unspecified atom stereocenters. The van der Waals surface area contributed by atoms with Crippen LogP contribution in [0.3, 0.4) is 0 Å². The number of carbonyl (C=O) groups excluding carboxylic acids is 1. The van der Waals surface area contributed by atoms with Crippen LogP contribution in [0.4, 0.5) is 25.2 Å². The predicted molar refractivity (Wildman–Crippen MR) is 264 cm³/mol. The summed E-state index contributed by atoms with van der Waals surface area (Å²) in [6.45, 7) is 13.4. The summed E-state index contributed by atoms with van der Waals surface area (Å²) in [4.78, 5) is 93.4. The molecule has 0 saturated carbocycles. The van der Waals surface area contributed by atoms with Crippen molar-refractivity contribution in [2.24, 2.45) is 0 Å². The SMILES string of the molecule is Cc1ccnc(C(C)C)c1-n1c(=O)nc2c3c([nH]c(=O)c(F)c31)OC[C@H]1CCCCN21.Cc1ccnc(C(C)C)c1-n1c(=O)nc2c3c([nH]c(=O)c(F)c31)OC[C@H]1CN(C(=O)OCc3ccccc3)CCN21. The molecule has 7 aromatic rings. The zero-order valence-electron chi connectivity index (χ0n) is 40.6. The number of hydrogen-bond acceptors (Lipinski definition) is 14. The molecule has 6 aromatic heterocycles. The summed E-state index contributed by atoms with van der Waals surface area (Å²) in [5.74, 6) is -1.54. The second-order valence-electron chi connectivity index (χ2n) is 19.1. The highest BCUT2D eigenvalue weighted by Gasteiger charge is 2.39. The summed E-state index contributed by atoms with van der Waals surface area (Å²) in [7, 11) is 0. The average molecular weight is 986 g/mol. The summed E-state index contributed by atoms with van der Waals surface area (Å²) in [5.41, 5.74) is 0.667. The molecule has 374 valence electrons. The van der Waals surface area contributed by atoms with Gasteiger partial charge in [-0.15, -0.1) is 0 Å². The number of rotatable bonds is 6. The molecule has 2 atom stereocenters. The summed E-state index contributed by atoms with van der Waals surface area (Å²) in [6.07, 6.45) is 5.68. The maximum Gasteiger partial charge on any atom is 0.410 e. The number of aromatic amines is 2. The van der Waals surface area contributed by atoms with E-state index in [2.05, 4.69) is 29.9 Å². The van der Waals surface area contributed by atoms with Gasteiger partial charge < -0.3 is 28.9 Å². The van der Waals surface area contributed by atoms with Crippen LogP contribution in [0.15, 0.2) is 74.0 Å². The highest BCUT2D eigenvalue weighted by Crippen LogP contribution is 2.40. The largest absolute Gasteiger partial charge is 0.476 e. The molecule has 0 bridgehead atoms. The minimum atomic E-state index is -1.12. The number of aromatic nitrogens is 8. The molecule has 4 aliphatic heterocycles. The quantitative estimate of drug-likeness (QED) is 0.194. The molecule has 0 spiro atoms. The van der Waals surface area contributed by atoms with Crippen LogP contribution < -0.4 is 41.8 Å². The Morgan fingerprint density at radius 3 is 1.75 bits per heavy atom. The van der Waals surface area contributed by atoms with Gasteiger partial charge in [-0.05, 0) is 73.8 Å². The van der Waals surface area contributed by atoms with Crippen molar-refractivity contribution in [3.63, 3.8) is 0 Å². The number of carbonyl (C=O) groups is 1. The van der Waals surface area contributed by atoms with E-state index < -0.39 is 46.3 Å². The lowest BCUT2D eigenvalue weighted by Gasteiger charge is -2.40. The first-order valence-electron chi connectivity index (χ1n) is 24.1. The van der Waals surface area contributed by atoms with E-state index in [0.29, 0.717) is 59.2 Å². The third-order valence-corrected chi connectivity index (χ3v) is 13.7. The molecule has 2 N–H and O–H groups in total. The number of benzene rings is 1. The van der Waals surface area contributed by atoms with Gasteiger partial charge in [-0.25, -0.2) is 14.4 Å². The topological polar surface area (TPSA) is 216 Å². The molecule has 0 aliphatic carbocycles. The molecule has 4 aliphatic rings. The average Bonchev–Trinajstić information content (AvgIpc) is 3.62. The zero-order valence-corrected chi connectivity index (χ0v) is 40.6. The Morgan fingerprint density at radius 2 is 1.22 bits per heavy atom. The number of piperidine rings is 1. The molecule has 1 aromatic carbocycles. The number of pyridine rings is 4. The van der Waals surface area contributed by atoms with Gasteiger partial charge >= 0.3 is 17.5 Å². The molecular weight excluding hydrogens is 933 g/mol. The number of halogens is 2. The summed E-state index contributed by atoms with van der Waals surface area (Å²) < 4.78 is 51.0. The van der Waals surface area contributed by atoms with Crippen molar-refractivity contribution in [1.29, 1.82) is 0 Å². The third kappa shape index (κ3) is 8.28. The first-order chi connectivity index (χ1) is 34.6. The Labute approximate surface area is 410 Å². The molecule has 21 heteroatoms. The Kier molecular flexibility index (Phi) is 12.6. The predicted octanol–water partition coefficient (Wildman–Crippen LogP) is 6.05. The minimum Gasteiger partial charge on any atom is -0.476 e. The van der Waals surface area contributed by atoms with Crippen LogP contribution in [0, 0.1) is 25.5 Å². The first-order valence-corrected chi connectivity index (χ1v) is 24.1. The van der Waals surface area contributed by atoms with E-state index in [1.807, 2.05) is 74.8 Å². The van der Waals surface area contributed by atoms with Gasteiger partial charge in [-0.1, -0.05) is 58.0 Å². The lowest BCUT2D eigenvalue weighted by Crippen LogP contribution is -2.57. The monoisotopic (exact) mass is 985 g/mol. The highest BCUT2D eigenvalue weighted by molar-refractivity contribution is 5.97. The van der Waals surface area contributed by atoms with Crippen LogP contribution in [-0.2, 0) is 11.3 Å². The fourth-order valence-electron chi connectivity index (χ4n) is 10.2. The van der Waals surface area contributed by atoms with Crippen molar-refractivity contribution < 1.29 is 27.8 Å². The molecule has 0 radical (unpaired) electrons. The fraction of sp³-hybridized carbons (Fsp3) is 0.392. The van der Waals surface area contributed by atoms with Crippen LogP contribution in [0.1, 0.15) is 86.9 Å². The molecular formula is C51H53F2N11O8. The fourth-order valence-corrected chi connectivity index (χ4v) is 10.2. The highest BCUT2D eigenvalue weighted by atomic mass is 19.1. The van der Waals surface area contributed by atoms with Crippen LogP contribution in [0.5, 0.6) is 11.8 Å². The number of ether oxygens (including phenoxy) is 3. The second kappa shape index (κ2) is 19.0. The second-order valence-corrected chi connectivity index (χ2v) is 19.1. The van der Waals surface area contributed by atoms with Crippen LogP contribution in [-0.4, -0.2) is 102 Å². The summed E-state index contributed by atoms with van der Waals surface area (Å²) >= 11 is 0. The number of H-pyrrole nitrogens is 2. The van der Waals surface area contributed by atoms with E-state index in [9.17, 15) is 24.0 Å². The number of anilines is 2. The van der Waals surface area contributed by atoms with Gasteiger partial charge in [0, 0.05) is 38.6 Å². The third-order valence-electron chi connectivity index (χ3n) is 13.7. The van der Waals surface area contributed by atoms with Gasteiger partial charge in [-0.3, -0.25) is 38.7 Å². The van der Waals surface area contributed by atoms with Crippen molar-refractivity contribution in [1.82, 2.24) is 43.9 Å².